The number of thiophene rings is 1. The van der Waals surface area contributed by atoms with E-state index in [4.69, 9.17) is 10.7 Å². The second-order valence-corrected chi connectivity index (χ2v) is 9.53. The van der Waals surface area contributed by atoms with Gasteiger partial charge in [0.05, 0.1) is 27.2 Å². The number of benzene rings is 2. The van der Waals surface area contributed by atoms with Crippen LogP contribution in [-0.2, 0) is 13.5 Å². The lowest BCUT2D eigenvalue weighted by Gasteiger charge is -2.14. The second-order valence-electron chi connectivity index (χ2n) is 8.65. The lowest BCUT2D eigenvalue weighted by Crippen LogP contribution is -2.13. The summed E-state index contributed by atoms with van der Waals surface area (Å²) in [6, 6.07) is 14.7. The van der Waals surface area contributed by atoms with E-state index in [9.17, 15) is 4.79 Å². The number of nitrogens with one attached hydrogen (secondary N) is 1. The summed E-state index contributed by atoms with van der Waals surface area (Å²) in [6.45, 7) is 1.99. The normalized spacial score (nSPS) is 11.5. The van der Waals surface area contributed by atoms with E-state index >= 15 is 0 Å². The largest absolute Gasteiger partial charge is 0.382 e. The summed E-state index contributed by atoms with van der Waals surface area (Å²) in [5.41, 5.74) is 12.1. The first kappa shape index (κ1) is 21.2. The molecule has 0 fully saturated rings. The topological polar surface area (TPSA) is 98.7 Å². The van der Waals surface area contributed by atoms with Gasteiger partial charge in [0, 0.05) is 47.5 Å². The molecule has 0 atom stereocenters. The van der Waals surface area contributed by atoms with E-state index < -0.39 is 0 Å². The molecule has 0 aliphatic heterocycles. The van der Waals surface area contributed by atoms with E-state index in [1.165, 1.54) is 34.1 Å². The Balaban J connectivity index is 1.38. The van der Waals surface area contributed by atoms with Crippen molar-refractivity contribution in [1.82, 2.24) is 19.5 Å². The Bertz CT molecular complexity index is 1770. The molecule has 0 spiro atoms. The number of carbonyl (C=O) groups is 1. The summed E-state index contributed by atoms with van der Waals surface area (Å²) in [5, 5.41) is 8.09. The molecule has 6 rings (SSSR count). The van der Waals surface area contributed by atoms with Crippen molar-refractivity contribution in [2.24, 2.45) is 7.05 Å². The predicted molar refractivity (Wildman–Crippen MR) is 142 cm³/mol. The molecule has 0 saturated heterocycles. The molecule has 7 nitrogen and oxygen atoms in total. The molecule has 0 aliphatic rings. The van der Waals surface area contributed by atoms with Crippen LogP contribution in [0, 0.1) is 6.92 Å². The maximum absolute atomic E-state index is 13.3. The molecule has 8 heteroatoms. The summed E-state index contributed by atoms with van der Waals surface area (Å²) >= 11 is 1.37. The van der Waals surface area contributed by atoms with Crippen LogP contribution in [0.2, 0.25) is 0 Å². The number of nitrogen functional groups attached to an aromatic ring is 1. The highest BCUT2D eigenvalue weighted by atomic mass is 32.1. The number of rotatable bonds is 4. The number of nitrogens with two attached hydrogens (primary N) is 1. The molecule has 172 valence electrons. The Morgan fingerprint density at radius 1 is 1.09 bits per heavy atom. The molecule has 0 radical (unpaired) electrons. The maximum atomic E-state index is 13.3. The quantitative estimate of drug-likeness (QED) is 0.350. The van der Waals surface area contributed by atoms with Gasteiger partial charge >= 0.3 is 0 Å². The second kappa shape index (κ2) is 8.18. The molecule has 1 amide bonds. The van der Waals surface area contributed by atoms with Crippen LogP contribution in [0.25, 0.3) is 31.9 Å². The first-order valence-corrected chi connectivity index (χ1v) is 12.1. The Morgan fingerprint density at radius 2 is 1.97 bits per heavy atom. The highest BCUT2D eigenvalue weighted by Crippen LogP contribution is 2.32. The van der Waals surface area contributed by atoms with Crippen molar-refractivity contribution in [2.45, 2.75) is 13.3 Å². The van der Waals surface area contributed by atoms with Crippen molar-refractivity contribution in [3.63, 3.8) is 0 Å². The summed E-state index contributed by atoms with van der Waals surface area (Å²) in [7, 11) is 2.05. The first-order valence-electron chi connectivity index (χ1n) is 11.2. The number of anilines is 2. The van der Waals surface area contributed by atoms with Gasteiger partial charge in [0.25, 0.3) is 5.91 Å². The molecule has 0 aliphatic carbocycles. The predicted octanol–water partition coefficient (Wildman–Crippen LogP) is 5.46. The molecule has 3 N–H and O–H groups in total. The van der Waals surface area contributed by atoms with Crippen molar-refractivity contribution >= 4 is 60.6 Å². The molecule has 2 aromatic carbocycles. The number of nitrogens with zero attached hydrogens (tertiary/aromatic N) is 4. The van der Waals surface area contributed by atoms with Gasteiger partial charge in [-0.1, -0.05) is 24.3 Å². The van der Waals surface area contributed by atoms with Crippen LogP contribution >= 0.6 is 11.3 Å². The molecule has 0 unspecified atom stereocenters. The lowest BCUT2D eigenvalue weighted by atomic mass is 9.99. The Hall–Kier alpha value is -4.30. The third-order valence-corrected chi connectivity index (χ3v) is 7.42. The minimum absolute atomic E-state index is 0.225. The molecule has 35 heavy (non-hydrogen) atoms. The van der Waals surface area contributed by atoms with Gasteiger partial charge in [-0.2, -0.15) is 0 Å². The van der Waals surface area contributed by atoms with Gasteiger partial charge in [-0.15, -0.1) is 11.3 Å². The molecule has 6 aromatic rings. The van der Waals surface area contributed by atoms with Gasteiger partial charge in [-0.25, -0.2) is 9.97 Å². The van der Waals surface area contributed by atoms with Crippen molar-refractivity contribution in [3.05, 3.63) is 88.9 Å². The molecule has 4 aromatic heterocycles. The number of fused-ring (bicyclic) bond motifs is 3. The zero-order chi connectivity index (χ0) is 24.1. The van der Waals surface area contributed by atoms with Crippen LogP contribution in [0.4, 0.5) is 11.5 Å². The van der Waals surface area contributed by atoms with Crippen LogP contribution in [-0.4, -0.2) is 25.4 Å². The third kappa shape index (κ3) is 3.59. The van der Waals surface area contributed by atoms with Gasteiger partial charge in [0.2, 0.25) is 0 Å². The van der Waals surface area contributed by atoms with Crippen LogP contribution in [0.5, 0.6) is 0 Å². The minimum atomic E-state index is -0.225. The highest BCUT2D eigenvalue weighted by molar-refractivity contribution is 7.18. The van der Waals surface area contributed by atoms with Crippen molar-refractivity contribution in [1.29, 1.82) is 0 Å². The van der Waals surface area contributed by atoms with Gasteiger partial charge in [-0.3, -0.25) is 9.78 Å². The fourth-order valence-electron chi connectivity index (χ4n) is 4.55. The van der Waals surface area contributed by atoms with Crippen molar-refractivity contribution < 1.29 is 4.79 Å². The van der Waals surface area contributed by atoms with Crippen LogP contribution < -0.4 is 11.1 Å². The SMILES string of the molecule is Cc1ccc2c(Cc3ccc4ccn(C)c4c3)nccc2c1NC(=O)c1csc2c(N)ncnc12. The zero-order valence-corrected chi connectivity index (χ0v) is 20.1. The van der Waals surface area contributed by atoms with Crippen LogP contribution in [0.1, 0.15) is 27.2 Å². The maximum Gasteiger partial charge on any atom is 0.258 e. The summed E-state index contributed by atoms with van der Waals surface area (Å²) in [6.07, 6.45) is 5.95. The van der Waals surface area contributed by atoms with E-state index in [2.05, 4.69) is 63.4 Å². The third-order valence-electron chi connectivity index (χ3n) is 6.42. The van der Waals surface area contributed by atoms with Gasteiger partial charge in [0.15, 0.2) is 0 Å². The number of hydrogen-bond donors (Lipinski definition) is 2. The summed E-state index contributed by atoms with van der Waals surface area (Å²) < 4.78 is 2.84. The fourth-order valence-corrected chi connectivity index (χ4v) is 5.46. The van der Waals surface area contributed by atoms with E-state index in [-0.39, 0.29) is 5.91 Å². The molecule has 0 bridgehead atoms. The van der Waals surface area contributed by atoms with Gasteiger partial charge < -0.3 is 15.6 Å². The molecule has 0 saturated carbocycles. The van der Waals surface area contributed by atoms with Crippen LogP contribution in [0.15, 0.2) is 66.6 Å². The number of aromatic nitrogens is 4. The fraction of sp³-hybridized carbons (Fsp3) is 0.111. The number of hydrogen-bond acceptors (Lipinski definition) is 6. The smallest absolute Gasteiger partial charge is 0.258 e. The van der Waals surface area contributed by atoms with Crippen LogP contribution in [0.3, 0.4) is 0 Å². The summed E-state index contributed by atoms with van der Waals surface area (Å²) in [4.78, 5) is 26.3. The van der Waals surface area contributed by atoms with E-state index in [0.29, 0.717) is 28.0 Å². The average molecular weight is 479 g/mol. The standard InChI is InChI=1S/C27H22N6OS/c1-15-3-6-18-19(23(15)32-27(34)20-13-35-25-24(20)30-14-31-26(25)28)7-9-29-21(18)11-16-4-5-17-8-10-33(2)22(17)12-16/h3-10,12-14H,11H2,1-2H3,(H,32,34)(H2,28,30,31). The van der Waals surface area contributed by atoms with Gasteiger partial charge in [0.1, 0.15) is 12.1 Å². The molecular formula is C27H22N6OS. The van der Waals surface area contributed by atoms with E-state index in [0.717, 1.165) is 27.7 Å². The number of amides is 1. The Morgan fingerprint density at radius 3 is 2.86 bits per heavy atom. The molecule has 4 heterocycles. The van der Waals surface area contributed by atoms with Crippen molar-refractivity contribution in [2.75, 3.05) is 11.1 Å². The minimum Gasteiger partial charge on any atom is -0.382 e. The average Bonchev–Trinajstić information content (AvgIpc) is 3.46. The number of aryl methyl sites for hydroxylation is 2. The van der Waals surface area contributed by atoms with E-state index in [1.54, 1.807) is 5.38 Å². The Labute approximate surface area is 205 Å². The first-order chi connectivity index (χ1) is 17.0. The zero-order valence-electron chi connectivity index (χ0n) is 19.2. The number of carbonyl (C=O) groups excluding carboxylic acids is 1. The number of pyridine rings is 1. The van der Waals surface area contributed by atoms with E-state index in [1.807, 2.05) is 25.3 Å². The van der Waals surface area contributed by atoms with Gasteiger partial charge in [-0.05, 0) is 41.6 Å². The van der Waals surface area contributed by atoms with Crippen molar-refractivity contribution in [3.8, 4) is 0 Å². The summed E-state index contributed by atoms with van der Waals surface area (Å²) in [5.74, 6) is 0.155. The highest BCUT2D eigenvalue weighted by Gasteiger charge is 2.18. The molecular weight excluding hydrogens is 456 g/mol. The lowest BCUT2D eigenvalue weighted by molar-refractivity contribution is 0.102. The monoisotopic (exact) mass is 478 g/mol. The Kier molecular flexibility index (Phi) is 4.96.